The summed E-state index contributed by atoms with van der Waals surface area (Å²) in [5.41, 5.74) is 6.79. The maximum absolute atomic E-state index is 9.66. The van der Waals surface area contributed by atoms with Crippen molar-refractivity contribution in [1.82, 2.24) is 0 Å². The van der Waals surface area contributed by atoms with Crippen LogP contribution in [0.2, 0.25) is 0 Å². The van der Waals surface area contributed by atoms with E-state index in [1.165, 1.54) is 49.7 Å². The summed E-state index contributed by atoms with van der Waals surface area (Å²) in [6, 6.07) is 5.98. The van der Waals surface area contributed by atoms with Crippen molar-refractivity contribution in [3.63, 3.8) is 0 Å². The van der Waals surface area contributed by atoms with E-state index in [0.29, 0.717) is 11.2 Å². The van der Waals surface area contributed by atoms with Crippen LogP contribution in [0.15, 0.2) is 23.8 Å². The van der Waals surface area contributed by atoms with Crippen LogP contribution in [0.3, 0.4) is 0 Å². The van der Waals surface area contributed by atoms with Gasteiger partial charge in [0.15, 0.2) is 0 Å². The molecule has 0 amide bonds. The zero-order valence-corrected chi connectivity index (χ0v) is 11.7. The Balaban J connectivity index is 1.84. The Kier molecular flexibility index (Phi) is 2.36. The minimum absolute atomic E-state index is 0.421. The van der Waals surface area contributed by atoms with E-state index >= 15 is 0 Å². The highest BCUT2D eigenvalue weighted by Crippen LogP contribution is 2.57. The van der Waals surface area contributed by atoms with Gasteiger partial charge in [-0.1, -0.05) is 25.0 Å². The third-order valence-corrected chi connectivity index (χ3v) is 5.91. The molecule has 1 saturated carbocycles. The summed E-state index contributed by atoms with van der Waals surface area (Å²) >= 11 is 0. The van der Waals surface area contributed by atoms with E-state index in [1.807, 2.05) is 12.1 Å². The Morgan fingerprint density at radius 2 is 2.05 bits per heavy atom. The normalized spacial score (nSPS) is 32.8. The molecule has 4 rings (SSSR count). The average Bonchev–Trinajstić information content (AvgIpc) is 2.79. The molecule has 1 aromatic carbocycles. The quantitative estimate of drug-likeness (QED) is 0.712. The second-order valence-electron chi connectivity index (χ2n) is 6.94. The number of allylic oxidation sites excluding steroid dienone is 2. The molecule has 1 aromatic rings. The van der Waals surface area contributed by atoms with E-state index in [1.54, 1.807) is 11.1 Å². The topological polar surface area (TPSA) is 20.2 Å². The fraction of sp³-hybridized carbons (Fsp3) is 0.556. The number of aromatic hydroxyl groups is 1. The van der Waals surface area contributed by atoms with Crippen LogP contribution in [0.1, 0.15) is 56.6 Å². The van der Waals surface area contributed by atoms with Crippen LogP contribution in [0.5, 0.6) is 5.75 Å². The molecule has 3 aliphatic carbocycles. The molecule has 1 N–H and O–H groups in total. The molecule has 1 fully saturated rings. The van der Waals surface area contributed by atoms with Crippen molar-refractivity contribution in [2.24, 2.45) is 11.3 Å². The fourth-order valence-corrected chi connectivity index (χ4v) is 4.89. The monoisotopic (exact) mass is 254 g/mol. The summed E-state index contributed by atoms with van der Waals surface area (Å²) in [5, 5.41) is 9.66. The third-order valence-electron chi connectivity index (χ3n) is 5.91. The van der Waals surface area contributed by atoms with Gasteiger partial charge < -0.3 is 5.11 Å². The summed E-state index contributed by atoms with van der Waals surface area (Å²) in [6.07, 6.45) is 9.21. The summed E-state index contributed by atoms with van der Waals surface area (Å²) in [7, 11) is 0. The predicted molar refractivity (Wildman–Crippen MR) is 78.0 cm³/mol. The molecule has 1 heteroatoms. The minimum atomic E-state index is 0.421. The first kappa shape index (κ1) is 11.6. The van der Waals surface area contributed by atoms with Crippen LogP contribution in [-0.4, -0.2) is 5.11 Å². The molecule has 1 nitrogen and oxygen atoms in total. The Bertz CT molecular complexity index is 569. The summed E-state index contributed by atoms with van der Waals surface area (Å²) in [6.45, 7) is 2.51. The van der Waals surface area contributed by atoms with Crippen molar-refractivity contribution in [3.05, 3.63) is 34.9 Å². The molecule has 0 aromatic heterocycles. The van der Waals surface area contributed by atoms with Gasteiger partial charge in [-0.2, -0.15) is 0 Å². The molecule has 100 valence electrons. The first-order chi connectivity index (χ1) is 9.17. The number of hydrogen-bond acceptors (Lipinski definition) is 1. The van der Waals surface area contributed by atoms with Crippen molar-refractivity contribution >= 4 is 5.57 Å². The van der Waals surface area contributed by atoms with Gasteiger partial charge in [0.25, 0.3) is 0 Å². The molecule has 0 aliphatic heterocycles. The zero-order chi connectivity index (χ0) is 13.0. The van der Waals surface area contributed by atoms with Crippen LogP contribution in [-0.2, 0) is 6.42 Å². The molecule has 0 saturated heterocycles. The zero-order valence-electron chi connectivity index (χ0n) is 11.7. The third kappa shape index (κ3) is 1.60. The molecule has 19 heavy (non-hydrogen) atoms. The van der Waals surface area contributed by atoms with Gasteiger partial charge in [0, 0.05) is 0 Å². The molecule has 0 bridgehead atoms. The largest absolute Gasteiger partial charge is 0.508 e. The number of rotatable bonds is 0. The SMILES string of the molecule is CC12CCCC1C1=C(CC2)c2ccc(O)cc2CC1. The lowest BCUT2D eigenvalue weighted by atomic mass is 9.63. The molecule has 2 unspecified atom stereocenters. The second-order valence-corrected chi connectivity index (χ2v) is 6.94. The smallest absolute Gasteiger partial charge is 0.115 e. The van der Waals surface area contributed by atoms with Gasteiger partial charge >= 0.3 is 0 Å². The maximum atomic E-state index is 9.66. The second kappa shape index (κ2) is 3.88. The molecule has 2 atom stereocenters. The van der Waals surface area contributed by atoms with Gasteiger partial charge in [-0.3, -0.25) is 0 Å². The number of phenolic OH excluding ortho intramolecular Hbond substituents is 1. The van der Waals surface area contributed by atoms with Crippen molar-refractivity contribution < 1.29 is 5.11 Å². The summed E-state index contributed by atoms with van der Waals surface area (Å²) in [5.74, 6) is 1.27. The van der Waals surface area contributed by atoms with Crippen molar-refractivity contribution in [3.8, 4) is 5.75 Å². The van der Waals surface area contributed by atoms with Crippen molar-refractivity contribution in [1.29, 1.82) is 0 Å². The lowest BCUT2D eigenvalue weighted by Gasteiger charge is -2.42. The first-order valence-electron chi connectivity index (χ1n) is 7.72. The lowest BCUT2D eigenvalue weighted by Crippen LogP contribution is -2.29. The molecule has 0 spiro atoms. The summed E-state index contributed by atoms with van der Waals surface area (Å²) in [4.78, 5) is 0. The summed E-state index contributed by atoms with van der Waals surface area (Å²) < 4.78 is 0. The van der Waals surface area contributed by atoms with Crippen LogP contribution in [0.25, 0.3) is 5.57 Å². The van der Waals surface area contributed by atoms with Gasteiger partial charge in [0.05, 0.1) is 0 Å². The highest BCUT2D eigenvalue weighted by molar-refractivity contribution is 5.75. The van der Waals surface area contributed by atoms with Crippen LogP contribution >= 0.6 is 0 Å². The maximum Gasteiger partial charge on any atom is 0.115 e. The van der Waals surface area contributed by atoms with Crippen LogP contribution in [0.4, 0.5) is 0 Å². The van der Waals surface area contributed by atoms with Crippen LogP contribution < -0.4 is 0 Å². The van der Waals surface area contributed by atoms with Gasteiger partial charge in [-0.15, -0.1) is 0 Å². The highest BCUT2D eigenvalue weighted by Gasteiger charge is 2.44. The van der Waals surface area contributed by atoms with Gasteiger partial charge in [-0.25, -0.2) is 0 Å². The van der Waals surface area contributed by atoms with E-state index in [-0.39, 0.29) is 0 Å². The number of hydrogen-bond donors (Lipinski definition) is 1. The predicted octanol–water partition coefficient (Wildman–Crippen LogP) is 4.69. The lowest BCUT2D eigenvalue weighted by molar-refractivity contribution is 0.226. The molecule has 0 radical (unpaired) electrons. The van der Waals surface area contributed by atoms with Crippen LogP contribution in [0, 0.1) is 11.3 Å². The standard InChI is InChI=1S/C18H22O/c1-18-9-2-3-17(18)16-6-4-12-11-13(19)5-7-14(12)15(16)8-10-18/h5,7,11,17,19H,2-4,6,8-10H2,1H3. The van der Waals surface area contributed by atoms with E-state index in [9.17, 15) is 5.11 Å². The molecular weight excluding hydrogens is 232 g/mol. The number of phenols is 1. The Morgan fingerprint density at radius 3 is 2.95 bits per heavy atom. The minimum Gasteiger partial charge on any atom is -0.508 e. The number of fused-ring (bicyclic) bond motifs is 4. The highest BCUT2D eigenvalue weighted by atomic mass is 16.3. The van der Waals surface area contributed by atoms with E-state index in [2.05, 4.69) is 13.0 Å². The number of aryl methyl sites for hydroxylation is 1. The molecular formula is C18H22O. The van der Waals surface area contributed by atoms with E-state index in [4.69, 9.17) is 0 Å². The molecule has 3 aliphatic rings. The fourth-order valence-electron chi connectivity index (χ4n) is 4.89. The van der Waals surface area contributed by atoms with Gasteiger partial charge in [-0.05, 0) is 78.7 Å². The van der Waals surface area contributed by atoms with Crippen molar-refractivity contribution in [2.45, 2.75) is 51.9 Å². The number of benzene rings is 1. The van der Waals surface area contributed by atoms with E-state index in [0.717, 1.165) is 12.3 Å². The Hall–Kier alpha value is -1.24. The van der Waals surface area contributed by atoms with Gasteiger partial charge in [0.1, 0.15) is 5.75 Å². The Morgan fingerprint density at radius 1 is 1.16 bits per heavy atom. The average molecular weight is 254 g/mol. The van der Waals surface area contributed by atoms with E-state index < -0.39 is 0 Å². The molecule has 0 heterocycles. The van der Waals surface area contributed by atoms with Gasteiger partial charge in [0.2, 0.25) is 0 Å². The Labute approximate surface area is 115 Å². The first-order valence-corrected chi connectivity index (χ1v) is 7.72. The van der Waals surface area contributed by atoms with Crippen molar-refractivity contribution in [2.75, 3.05) is 0 Å².